The number of para-hydroxylation sites is 1. The van der Waals surface area contributed by atoms with E-state index < -0.39 is 13.0 Å². The fourth-order valence-corrected chi connectivity index (χ4v) is 1.53. The van der Waals surface area contributed by atoms with E-state index in [1.165, 1.54) is 0 Å². The van der Waals surface area contributed by atoms with Crippen molar-refractivity contribution in [2.45, 2.75) is 12.8 Å². The van der Waals surface area contributed by atoms with Gasteiger partial charge in [-0.05, 0) is 12.1 Å². The molecule has 3 N–H and O–H groups in total. The van der Waals surface area contributed by atoms with E-state index in [0.29, 0.717) is 11.3 Å². The maximum atomic E-state index is 11.8. The Morgan fingerprint density at radius 1 is 1.42 bits per heavy atom. The van der Waals surface area contributed by atoms with Gasteiger partial charge in [0.05, 0.1) is 18.7 Å². The lowest BCUT2D eigenvalue weighted by Crippen LogP contribution is -2.19. The van der Waals surface area contributed by atoms with Gasteiger partial charge < -0.3 is 15.8 Å². The minimum atomic E-state index is -2.53. The summed E-state index contributed by atoms with van der Waals surface area (Å²) in [6.07, 6.45) is -2.54. The zero-order valence-corrected chi connectivity index (χ0v) is 10.9. The Morgan fingerprint density at radius 2 is 2.11 bits per heavy atom. The second-order valence-corrected chi connectivity index (χ2v) is 4.11. The van der Waals surface area contributed by atoms with Crippen molar-refractivity contribution in [1.82, 2.24) is 0 Å². The number of thiocarbonyl (C=S) groups is 1. The Kier molecular flexibility index (Phi) is 6.31. The Labute approximate surface area is 114 Å². The maximum absolute atomic E-state index is 11.8. The SMILES string of the molecule is NC(=S)c1ccccc1NC(=O)CCOCC(F)F. The van der Waals surface area contributed by atoms with Gasteiger partial charge in [-0.15, -0.1) is 0 Å². The highest BCUT2D eigenvalue weighted by Gasteiger charge is 2.09. The standard InChI is InChI=1S/C12H14F2N2O2S/c13-10(14)7-18-6-5-11(17)16-9-4-2-1-3-8(9)12(15)19/h1-4,10H,5-7H2,(H2,15,19)(H,16,17). The molecular formula is C12H14F2N2O2S. The van der Waals surface area contributed by atoms with Crippen LogP contribution in [0.2, 0.25) is 0 Å². The summed E-state index contributed by atoms with van der Waals surface area (Å²) in [6, 6.07) is 6.82. The Bertz CT molecular complexity index is 455. The molecule has 0 aromatic heterocycles. The fourth-order valence-electron chi connectivity index (χ4n) is 1.36. The number of hydrogen-bond acceptors (Lipinski definition) is 3. The summed E-state index contributed by atoms with van der Waals surface area (Å²) in [5.74, 6) is -0.349. The van der Waals surface area contributed by atoms with Crippen LogP contribution in [-0.2, 0) is 9.53 Å². The lowest BCUT2D eigenvalue weighted by molar-refractivity contribution is -0.117. The highest BCUT2D eigenvalue weighted by Crippen LogP contribution is 2.14. The number of nitrogens with one attached hydrogen (secondary N) is 1. The second-order valence-electron chi connectivity index (χ2n) is 3.67. The van der Waals surface area contributed by atoms with E-state index >= 15 is 0 Å². The molecule has 0 fully saturated rings. The van der Waals surface area contributed by atoms with Gasteiger partial charge in [0.25, 0.3) is 6.43 Å². The van der Waals surface area contributed by atoms with Crippen molar-refractivity contribution in [3.05, 3.63) is 29.8 Å². The van der Waals surface area contributed by atoms with Gasteiger partial charge in [0.1, 0.15) is 11.6 Å². The molecule has 0 heterocycles. The molecule has 0 atom stereocenters. The summed E-state index contributed by atoms with van der Waals surface area (Å²) in [5.41, 5.74) is 6.57. The lowest BCUT2D eigenvalue weighted by Gasteiger charge is -2.10. The van der Waals surface area contributed by atoms with Crippen LogP contribution >= 0.6 is 12.2 Å². The topological polar surface area (TPSA) is 64.3 Å². The van der Waals surface area contributed by atoms with Crippen LogP contribution in [0.1, 0.15) is 12.0 Å². The predicted octanol–water partition coefficient (Wildman–Crippen LogP) is 1.93. The van der Waals surface area contributed by atoms with Gasteiger partial charge in [-0.3, -0.25) is 4.79 Å². The number of carbonyl (C=O) groups excluding carboxylic acids is 1. The van der Waals surface area contributed by atoms with Crippen LogP contribution in [0.15, 0.2) is 24.3 Å². The summed E-state index contributed by atoms with van der Waals surface area (Å²) in [6.45, 7) is -0.734. The van der Waals surface area contributed by atoms with Crippen molar-refractivity contribution in [3.8, 4) is 0 Å². The maximum Gasteiger partial charge on any atom is 0.261 e. The molecule has 0 aliphatic heterocycles. The minimum Gasteiger partial charge on any atom is -0.389 e. The van der Waals surface area contributed by atoms with Crippen LogP contribution in [0.4, 0.5) is 14.5 Å². The molecule has 0 radical (unpaired) electrons. The molecule has 1 aromatic carbocycles. The first-order valence-corrected chi connectivity index (χ1v) is 5.96. The Morgan fingerprint density at radius 3 is 2.74 bits per heavy atom. The number of hydrogen-bond donors (Lipinski definition) is 2. The monoisotopic (exact) mass is 288 g/mol. The third-order valence-corrected chi connectivity index (χ3v) is 2.40. The average molecular weight is 288 g/mol. The third kappa shape index (κ3) is 5.71. The zero-order valence-electron chi connectivity index (χ0n) is 10.1. The highest BCUT2D eigenvalue weighted by molar-refractivity contribution is 7.80. The molecule has 0 aliphatic carbocycles. The molecule has 0 saturated heterocycles. The first-order chi connectivity index (χ1) is 9.00. The van der Waals surface area contributed by atoms with Crippen LogP contribution in [0.3, 0.4) is 0 Å². The fraction of sp³-hybridized carbons (Fsp3) is 0.333. The summed E-state index contributed by atoms with van der Waals surface area (Å²) in [7, 11) is 0. The molecule has 0 spiro atoms. The number of carbonyl (C=O) groups is 1. The van der Waals surface area contributed by atoms with E-state index in [1.807, 2.05) is 0 Å². The summed E-state index contributed by atoms with van der Waals surface area (Å²) in [5, 5.41) is 2.61. The van der Waals surface area contributed by atoms with E-state index in [4.69, 9.17) is 18.0 Å². The smallest absolute Gasteiger partial charge is 0.261 e. The van der Waals surface area contributed by atoms with Crippen LogP contribution in [0, 0.1) is 0 Å². The first-order valence-electron chi connectivity index (χ1n) is 5.55. The van der Waals surface area contributed by atoms with Gasteiger partial charge in [-0.2, -0.15) is 0 Å². The van der Waals surface area contributed by atoms with Gasteiger partial charge >= 0.3 is 0 Å². The number of halogens is 2. The molecule has 0 unspecified atom stereocenters. The largest absolute Gasteiger partial charge is 0.389 e. The van der Waals surface area contributed by atoms with Crippen molar-refractivity contribution in [2.75, 3.05) is 18.5 Å². The van der Waals surface area contributed by atoms with E-state index in [-0.39, 0.29) is 23.9 Å². The number of ether oxygens (including phenoxy) is 1. The zero-order chi connectivity index (χ0) is 14.3. The van der Waals surface area contributed by atoms with Gasteiger partial charge in [-0.1, -0.05) is 24.4 Å². The number of alkyl halides is 2. The molecule has 1 rings (SSSR count). The molecule has 7 heteroatoms. The second kappa shape index (κ2) is 7.75. The number of benzene rings is 1. The Hall–Kier alpha value is -1.60. The van der Waals surface area contributed by atoms with E-state index in [0.717, 1.165) is 0 Å². The predicted molar refractivity (Wildman–Crippen MR) is 72.4 cm³/mol. The summed E-state index contributed by atoms with van der Waals surface area (Å²) < 4.78 is 28.2. The molecule has 104 valence electrons. The molecule has 4 nitrogen and oxygen atoms in total. The minimum absolute atomic E-state index is 0.0155. The van der Waals surface area contributed by atoms with Gasteiger partial charge in [0, 0.05) is 5.56 Å². The summed E-state index contributed by atoms with van der Waals surface area (Å²) in [4.78, 5) is 11.7. The van der Waals surface area contributed by atoms with E-state index in [2.05, 4.69) is 10.1 Å². The van der Waals surface area contributed by atoms with Crippen LogP contribution in [0.5, 0.6) is 0 Å². The van der Waals surface area contributed by atoms with Crippen molar-refractivity contribution in [2.24, 2.45) is 5.73 Å². The molecular weight excluding hydrogens is 274 g/mol. The van der Waals surface area contributed by atoms with Crippen LogP contribution in [0.25, 0.3) is 0 Å². The molecule has 0 saturated carbocycles. The normalized spacial score (nSPS) is 10.5. The summed E-state index contributed by atoms with van der Waals surface area (Å²) >= 11 is 4.86. The van der Waals surface area contributed by atoms with E-state index in [1.54, 1.807) is 24.3 Å². The quantitative estimate of drug-likeness (QED) is 0.594. The van der Waals surface area contributed by atoms with Crippen molar-refractivity contribution in [1.29, 1.82) is 0 Å². The van der Waals surface area contributed by atoms with Gasteiger partial charge in [-0.25, -0.2) is 8.78 Å². The van der Waals surface area contributed by atoms with Crippen LogP contribution < -0.4 is 11.1 Å². The number of rotatable bonds is 7. The molecule has 1 aromatic rings. The number of nitrogens with two attached hydrogens (primary N) is 1. The molecule has 19 heavy (non-hydrogen) atoms. The molecule has 0 bridgehead atoms. The van der Waals surface area contributed by atoms with Gasteiger partial charge in [0.2, 0.25) is 5.91 Å². The molecule has 0 aliphatic rings. The van der Waals surface area contributed by atoms with Crippen molar-refractivity contribution < 1.29 is 18.3 Å². The van der Waals surface area contributed by atoms with Crippen molar-refractivity contribution >= 4 is 28.8 Å². The number of amides is 1. The average Bonchev–Trinajstić information content (AvgIpc) is 2.35. The lowest BCUT2D eigenvalue weighted by atomic mass is 10.1. The highest BCUT2D eigenvalue weighted by atomic mass is 32.1. The number of anilines is 1. The first kappa shape index (κ1) is 15.5. The Balaban J connectivity index is 2.46. The molecule has 1 amide bonds. The van der Waals surface area contributed by atoms with Crippen LogP contribution in [-0.4, -0.2) is 30.5 Å². The van der Waals surface area contributed by atoms with Gasteiger partial charge in [0.15, 0.2) is 0 Å². The van der Waals surface area contributed by atoms with Crippen molar-refractivity contribution in [3.63, 3.8) is 0 Å². The third-order valence-electron chi connectivity index (χ3n) is 2.18. The van der Waals surface area contributed by atoms with E-state index in [9.17, 15) is 13.6 Å².